The molecule has 3 aromatic rings. The van der Waals surface area contributed by atoms with Crippen LogP contribution in [-0.4, -0.2) is 35.8 Å². The molecular formula is C24H21O3P. The molecule has 0 atom stereocenters. The van der Waals surface area contributed by atoms with E-state index in [-0.39, 0.29) is 35.8 Å². The number of hydrogen-bond acceptors (Lipinski definition) is 3. The van der Waals surface area contributed by atoms with Gasteiger partial charge in [-0.3, -0.25) is 14.4 Å². The van der Waals surface area contributed by atoms with Crippen molar-refractivity contribution in [3.8, 4) is 0 Å². The van der Waals surface area contributed by atoms with Crippen molar-refractivity contribution in [1.29, 1.82) is 0 Å². The fourth-order valence-corrected chi connectivity index (χ4v) is 5.02. The van der Waals surface area contributed by atoms with Crippen LogP contribution in [0.4, 0.5) is 0 Å². The number of Topliss-reactive ketones (excluding diaryl/α,β-unsaturated/α-hetero) is 3. The maximum atomic E-state index is 12.7. The quantitative estimate of drug-likeness (QED) is 0.378. The average Bonchev–Trinajstić information content (AvgIpc) is 2.75. The van der Waals surface area contributed by atoms with E-state index in [0.29, 0.717) is 16.7 Å². The van der Waals surface area contributed by atoms with Gasteiger partial charge >= 0.3 is 0 Å². The highest BCUT2D eigenvalue weighted by Gasteiger charge is 2.22. The molecule has 0 aliphatic carbocycles. The summed E-state index contributed by atoms with van der Waals surface area (Å²) in [7, 11) is -1.10. The zero-order chi connectivity index (χ0) is 19.8. The molecule has 0 amide bonds. The van der Waals surface area contributed by atoms with Crippen molar-refractivity contribution in [2.75, 3.05) is 18.5 Å². The first kappa shape index (κ1) is 19.9. The summed E-state index contributed by atoms with van der Waals surface area (Å²) < 4.78 is 0. The second-order valence-corrected chi connectivity index (χ2v) is 8.80. The van der Waals surface area contributed by atoms with E-state index in [4.69, 9.17) is 0 Å². The standard InChI is InChI=1S/C24H21O3P/c25-22(19-10-4-1-5-11-19)16-28(17-23(26)20-12-6-2-7-13-20)18-24(27)21-14-8-3-9-15-21/h1-15H,16-18H2. The van der Waals surface area contributed by atoms with Crippen molar-refractivity contribution in [2.24, 2.45) is 0 Å². The minimum atomic E-state index is -1.10. The van der Waals surface area contributed by atoms with Crippen LogP contribution in [0.5, 0.6) is 0 Å². The lowest BCUT2D eigenvalue weighted by atomic mass is 10.1. The number of hydrogen-bond donors (Lipinski definition) is 0. The van der Waals surface area contributed by atoms with E-state index in [1.807, 2.05) is 54.6 Å². The fraction of sp³-hybridized carbons (Fsp3) is 0.125. The molecule has 3 rings (SSSR count). The SMILES string of the molecule is O=C(CP(CC(=O)c1ccccc1)CC(=O)c1ccccc1)c1ccccc1. The van der Waals surface area contributed by atoms with Gasteiger partial charge in [-0.2, -0.15) is 0 Å². The van der Waals surface area contributed by atoms with Gasteiger partial charge in [0.25, 0.3) is 0 Å². The van der Waals surface area contributed by atoms with E-state index >= 15 is 0 Å². The molecular weight excluding hydrogens is 367 g/mol. The Kier molecular flexibility index (Phi) is 7.00. The number of carbonyl (C=O) groups excluding carboxylic acids is 3. The minimum absolute atomic E-state index is 0.0200. The summed E-state index contributed by atoms with van der Waals surface area (Å²) in [5.41, 5.74) is 1.86. The molecule has 140 valence electrons. The second-order valence-electron chi connectivity index (χ2n) is 6.51. The van der Waals surface area contributed by atoms with E-state index in [1.165, 1.54) is 0 Å². The minimum Gasteiger partial charge on any atom is -0.294 e. The van der Waals surface area contributed by atoms with Gasteiger partial charge < -0.3 is 0 Å². The van der Waals surface area contributed by atoms with Crippen LogP contribution in [-0.2, 0) is 0 Å². The summed E-state index contributed by atoms with van der Waals surface area (Å²) in [5.74, 6) is -0.0599. The van der Waals surface area contributed by atoms with Crippen molar-refractivity contribution >= 4 is 25.3 Å². The predicted molar refractivity (Wildman–Crippen MR) is 114 cm³/mol. The molecule has 0 saturated heterocycles. The Morgan fingerprint density at radius 3 is 0.964 bits per heavy atom. The van der Waals surface area contributed by atoms with Crippen molar-refractivity contribution < 1.29 is 14.4 Å². The van der Waals surface area contributed by atoms with Crippen molar-refractivity contribution in [1.82, 2.24) is 0 Å². The first-order chi connectivity index (χ1) is 13.6. The molecule has 0 aliphatic rings. The molecule has 3 aromatic carbocycles. The predicted octanol–water partition coefficient (Wildman–Crippen LogP) is 5.12. The van der Waals surface area contributed by atoms with E-state index < -0.39 is 7.92 Å². The van der Waals surface area contributed by atoms with Gasteiger partial charge in [-0.05, 0) is 0 Å². The molecule has 0 fully saturated rings. The largest absolute Gasteiger partial charge is 0.294 e. The normalized spacial score (nSPS) is 10.6. The first-order valence-electron chi connectivity index (χ1n) is 9.10. The lowest BCUT2D eigenvalue weighted by Crippen LogP contribution is -2.16. The fourth-order valence-electron chi connectivity index (χ4n) is 2.92. The third-order valence-electron chi connectivity index (χ3n) is 4.39. The Morgan fingerprint density at radius 2 is 0.714 bits per heavy atom. The lowest BCUT2D eigenvalue weighted by molar-refractivity contribution is 0.102. The van der Waals surface area contributed by atoms with Crippen molar-refractivity contribution in [3.05, 3.63) is 108 Å². The molecule has 28 heavy (non-hydrogen) atoms. The summed E-state index contributed by atoms with van der Waals surface area (Å²) in [4.78, 5) is 38.1. The summed E-state index contributed by atoms with van der Waals surface area (Å²) in [6.45, 7) is 0. The summed E-state index contributed by atoms with van der Waals surface area (Å²) in [6, 6.07) is 27.1. The maximum absolute atomic E-state index is 12.7. The van der Waals surface area contributed by atoms with Crippen LogP contribution in [0.2, 0.25) is 0 Å². The molecule has 0 spiro atoms. The molecule has 0 bridgehead atoms. The highest BCUT2D eigenvalue weighted by molar-refractivity contribution is 7.60. The van der Waals surface area contributed by atoms with Crippen LogP contribution in [0.3, 0.4) is 0 Å². The molecule has 0 saturated carbocycles. The van der Waals surface area contributed by atoms with E-state index in [0.717, 1.165) is 0 Å². The van der Waals surface area contributed by atoms with Crippen LogP contribution in [0.15, 0.2) is 91.0 Å². The number of carbonyl (C=O) groups is 3. The average molecular weight is 388 g/mol. The molecule has 0 radical (unpaired) electrons. The monoisotopic (exact) mass is 388 g/mol. The smallest absolute Gasteiger partial charge is 0.167 e. The second kappa shape index (κ2) is 9.87. The first-order valence-corrected chi connectivity index (χ1v) is 11.0. The number of ketones is 3. The third kappa shape index (κ3) is 5.55. The Balaban J connectivity index is 1.76. The zero-order valence-corrected chi connectivity index (χ0v) is 16.3. The highest BCUT2D eigenvalue weighted by Crippen LogP contribution is 2.37. The molecule has 0 aromatic heterocycles. The van der Waals surface area contributed by atoms with Crippen LogP contribution >= 0.6 is 7.92 Å². The van der Waals surface area contributed by atoms with Crippen LogP contribution < -0.4 is 0 Å². The van der Waals surface area contributed by atoms with E-state index in [9.17, 15) is 14.4 Å². The topological polar surface area (TPSA) is 51.2 Å². The van der Waals surface area contributed by atoms with Gasteiger partial charge in [0.1, 0.15) is 0 Å². The Labute approximate surface area is 166 Å². The van der Waals surface area contributed by atoms with Gasteiger partial charge in [0.15, 0.2) is 17.3 Å². The molecule has 0 aliphatic heterocycles. The highest BCUT2D eigenvalue weighted by atomic mass is 31.1. The molecule has 3 nitrogen and oxygen atoms in total. The van der Waals surface area contributed by atoms with E-state index in [2.05, 4.69) is 0 Å². The van der Waals surface area contributed by atoms with Gasteiger partial charge in [-0.25, -0.2) is 0 Å². The summed E-state index contributed by atoms with van der Waals surface area (Å²) in [6.07, 6.45) is 0.698. The van der Waals surface area contributed by atoms with Crippen LogP contribution in [0.25, 0.3) is 0 Å². The van der Waals surface area contributed by atoms with Gasteiger partial charge in [-0.15, -0.1) is 0 Å². The van der Waals surface area contributed by atoms with Gasteiger partial charge in [0, 0.05) is 35.2 Å². The maximum Gasteiger partial charge on any atom is 0.167 e. The summed E-state index contributed by atoms with van der Waals surface area (Å²) >= 11 is 0. The number of rotatable bonds is 9. The molecule has 0 N–H and O–H groups in total. The number of benzene rings is 3. The van der Waals surface area contributed by atoms with Gasteiger partial charge in [0.2, 0.25) is 0 Å². The van der Waals surface area contributed by atoms with Crippen molar-refractivity contribution in [3.63, 3.8) is 0 Å². The zero-order valence-electron chi connectivity index (χ0n) is 15.5. The Morgan fingerprint density at radius 1 is 0.464 bits per heavy atom. The van der Waals surface area contributed by atoms with Crippen LogP contribution in [0.1, 0.15) is 31.1 Å². The third-order valence-corrected chi connectivity index (χ3v) is 6.59. The van der Waals surface area contributed by atoms with Gasteiger partial charge in [-0.1, -0.05) is 98.9 Å². The Hall–Kier alpha value is -2.90. The van der Waals surface area contributed by atoms with Crippen molar-refractivity contribution in [2.45, 2.75) is 0 Å². The van der Waals surface area contributed by atoms with E-state index in [1.54, 1.807) is 36.4 Å². The molecule has 4 heteroatoms. The molecule has 0 unspecified atom stereocenters. The Bertz CT molecular complexity index is 810. The van der Waals surface area contributed by atoms with Gasteiger partial charge in [0.05, 0.1) is 0 Å². The molecule has 0 heterocycles. The summed E-state index contributed by atoms with van der Waals surface area (Å²) in [5, 5.41) is 0. The van der Waals surface area contributed by atoms with Crippen LogP contribution in [0, 0.1) is 0 Å². The lowest BCUT2D eigenvalue weighted by Gasteiger charge is -2.16.